The lowest BCUT2D eigenvalue weighted by Gasteiger charge is -2.37. The summed E-state index contributed by atoms with van der Waals surface area (Å²) in [5, 5.41) is 0. The summed E-state index contributed by atoms with van der Waals surface area (Å²) in [6.45, 7) is 6.08. The van der Waals surface area contributed by atoms with Crippen molar-refractivity contribution in [3.05, 3.63) is 18.0 Å². The van der Waals surface area contributed by atoms with Gasteiger partial charge in [-0.25, -0.2) is 9.97 Å². The van der Waals surface area contributed by atoms with Gasteiger partial charge in [-0.3, -0.25) is 0 Å². The van der Waals surface area contributed by atoms with E-state index in [0.717, 1.165) is 18.2 Å². The van der Waals surface area contributed by atoms with E-state index >= 15 is 0 Å². The summed E-state index contributed by atoms with van der Waals surface area (Å²) in [5.74, 6) is 1.54. The molecule has 0 aliphatic carbocycles. The van der Waals surface area contributed by atoms with Crippen LogP contribution in [0, 0.1) is 5.92 Å². The Balaban J connectivity index is 2.21. The fourth-order valence-corrected chi connectivity index (χ4v) is 2.25. The molecular weight excluding hydrogens is 200 g/mol. The van der Waals surface area contributed by atoms with Crippen LogP contribution in [-0.2, 0) is 6.54 Å². The van der Waals surface area contributed by atoms with Crippen molar-refractivity contribution in [1.29, 1.82) is 0 Å². The Kier molecular flexibility index (Phi) is 3.39. The number of piperidine rings is 1. The molecule has 4 heteroatoms. The number of nitrogens with zero attached hydrogens (tertiary/aromatic N) is 3. The molecule has 0 saturated carbocycles. The van der Waals surface area contributed by atoms with E-state index in [4.69, 9.17) is 5.73 Å². The van der Waals surface area contributed by atoms with Crippen LogP contribution in [-0.4, -0.2) is 22.6 Å². The number of rotatable bonds is 2. The molecule has 1 aliphatic heterocycles. The van der Waals surface area contributed by atoms with Crippen LogP contribution in [0.3, 0.4) is 0 Å². The Morgan fingerprint density at radius 2 is 2.31 bits per heavy atom. The highest BCUT2D eigenvalue weighted by Gasteiger charge is 2.26. The molecule has 1 aliphatic rings. The van der Waals surface area contributed by atoms with E-state index in [1.54, 1.807) is 6.20 Å². The lowest BCUT2D eigenvalue weighted by molar-refractivity contribution is 0.359. The van der Waals surface area contributed by atoms with Crippen LogP contribution in [0.4, 0.5) is 5.95 Å². The van der Waals surface area contributed by atoms with E-state index in [1.165, 1.54) is 12.8 Å². The van der Waals surface area contributed by atoms with E-state index in [-0.39, 0.29) is 0 Å². The summed E-state index contributed by atoms with van der Waals surface area (Å²) in [6, 6.07) is 2.39. The predicted octanol–water partition coefficient (Wildman–Crippen LogP) is 1.56. The van der Waals surface area contributed by atoms with Gasteiger partial charge in [0.1, 0.15) is 0 Å². The second kappa shape index (κ2) is 4.78. The molecule has 2 N–H and O–H groups in total. The van der Waals surface area contributed by atoms with Crippen molar-refractivity contribution in [3.8, 4) is 0 Å². The molecule has 2 heterocycles. The van der Waals surface area contributed by atoms with Crippen LogP contribution in [0.5, 0.6) is 0 Å². The number of hydrogen-bond donors (Lipinski definition) is 1. The molecule has 0 amide bonds. The fourth-order valence-electron chi connectivity index (χ4n) is 2.25. The van der Waals surface area contributed by atoms with Crippen LogP contribution >= 0.6 is 0 Å². The number of aromatic nitrogens is 2. The van der Waals surface area contributed by atoms with Gasteiger partial charge in [-0.2, -0.15) is 0 Å². The molecule has 16 heavy (non-hydrogen) atoms. The van der Waals surface area contributed by atoms with Gasteiger partial charge in [-0.15, -0.1) is 0 Å². The van der Waals surface area contributed by atoms with Crippen LogP contribution in [0.15, 0.2) is 12.3 Å². The molecule has 2 unspecified atom stereocenters. The molecule has 1 aromatic rings. The third-order valence-corrected chi connectivity index (χ3v) is 3.54. The van der Waals surface area contributed by atoms with Gasteiger partial charge in [-0.05, 0) is 31.7 Å². The van der Waals surface area contributed by atoms with E-state index in [9.17, 15) is 0 Å². The minimum atomic E-state index is 0.479. The van der Waals surface area contributed by atoms with E-state index in [0.29, 0.717) is 18.5 Å². The average molecular weight is 220 g/mol. The summed E-state index contributed by atoms with van der Waals surface area (Å²) in [5.41, 5.74) is 6.51. The Hall–Kier alpha value is -1.16. The maximum Gasteiger partial charge on any atom is 0.225 e. The van der Waals surface area contributed by atoms with Crippen molar-refractivity contribution in [2.75, 3.05) is 11.4 Å². The Morgan fingerprint density at radius 3 is 3.06 bits per heavy atom. The Bertz CT molecular complexity index is 353. The van der Waals surface area contributed by atoms with Crippen molar-refractivity contribution >= 4 is 5.95 Å². The summed E-state index contributed by atoms with van der Waals surface area (Å²) in [4.78, 5) is 11.1. The van der Waals surface area contributed by atoms with Gasteiger partial charge < -0.3 is 10.6 Å². The molecule has 0 aromatic carbocycles. The molecule has 0 bridgehead atoms. The highest BCUT2D eigenvalue weighted by molar-refractivity contribution is 5.32. The molecule has 4 nitrogen and oxygen atoms in total. The van der Waals surface area contributed by atoms with Gasteiger partial charge in [0.15, 0.2) is 0 Å². The number of anilines is 1. The molecule has 1 fully saturated rings. The molecule has 2 atom stereocenters. The summed E-state index contributed by atoms with van der Waals surface area (Å²) in [7, 11) is 0. The highest BCUT2D eigenvalue weighted by atomic mass is 15.3. The van der Waals surface area contributed by atoms with Gasteiger partial charge in [0.25, 0.3) is 0 Å². The van der Waals surface area contributed by atoms with Crippen molar-refractivity contribution < 1.29 is 0 Å². The van der Waals surface area contributed by atoms with Crippen LogP contribution in [0.2, 0.25) is 0 Å². The first-order chi connectivity index (χ1) is 7.72. The lowest BCUT2D eigenvalue weighted by atomic mass is 9.92. The quantitative estimate of drug-likeness (QED) is 0.821. The molecule has 0 radical (unpaired) electrons. The second-order valence-corrected chi connectivity index (χ2v) is 4.61. The van der Waals surface area contributed by atoms with Crippen molar-refractivity contribution in [2.24, 2.45) is 11.7 Å². The Labute approximate surface area is 96.9 Å². The minimum absolute atomic E-state index is 0.479. The Morgan fingerprint density at radius 1 is 1.50 bits per heavy atom. The first kappa shape index (κ1) is 11.3. The lowest BCUT2D eigenvalue weighted by Crippen LogP contribution is -2.43. The molecule has 0 spiro atoms. The zero-order valence-corrected chi connectivity index (χ0v) is 10.1. The zero-order valence-electron chi connectivity index (χ0n) is 10.1. The molecule has 2 rings (SSSR count). The summed E-state index contributed by atoms with van der Waals surface area (Å²) < 4.78 is 0. The standard InChI is InChI=1S/C12H20N4/c1-9-4-3-7-16(10(9)2)12-14-6-5-11(8-13)15-12/h5-6,9-10H,3-4,7-8,13H2,1-2H3. The van der Waals surface area contributed by atoms with Gasteiger partial charge in [0, 0.05) is 25.3 Å². The zero-order chi connectivity index (χ0) is 11.5. The van der Waals surface area contributed by atoms with Gasteiger partial charge in [-0.1, -0.05) is 6.92 Å². The predicted molar refractivity (Wildman–Crippen MR) is 65.1 cm³/mol. The highest BCUT2D eigenvalue weighted by Crippen LogP contribution is 2.25. The van der Waals surface area contributed by atoms with Crippen molar-refractivity contribution in [2.45, 2.75) is 39.3 Å². The van der Waals surface area contributed by atoms with Crippen molar-refractivity contribution in [3.63, 3.8) is 0 Å². The number of hydrogen-bond acceptors (Lipinski definition) is 4. The molecule has 1 aromatic heterocycles. The van der Waals surface area contributed by atoms with E-state index < -0.39 is 0 Å². The topological polar surface area (TPSA) is 55.0 Å². The fraction of sp³-hybridized carbons (Fsp3) is 0.667. The van der Waals surface area contributed by atoms with Gasteiger partial charge in [0.2, 0.25) is 5.95 Å². The SMILES string of the molecule is CC1CCCN(c2nccc(CN)n2)C1C. The smallest absolute Gasteiger partial charge is 0.225 e. The van der Waals surface area contributed by atoms with Crippen molar-refractivity contribution in [1.82, 2.24) is 9.97 Å². The van der Waals surface area contributed by atoms with Crippen LogP contribution in [0.1, 0.15) is 32.4 Å². The first-order valence-electron chi connectivity index (χ1n) is 6.01. The van der Waals surface area contributed by atoms with Gasteiger partial charge >= 0.3 is 0 Å². The second-order valence-electron chi connectivity index (χ2n) is 4.61. The van der Waals surface area contributed by atoms with Crippen LogP contribution < -0.4 is 10.6 Å². The molecule has 1 saturated heterocycles. The molecular formula is C12H20N4. The van der Waals surface area contributed by atoms with Crippen LogP contribution in [0.25, 0.3) is 0 Å². The molecule has 88 valence electrons. The average Bonchev–Trinajstić information content (AvgIpc) is 2.33. The largest absolute Gasteiger partial charge is 0.338 e. The van der Waals surface area contributed by atoms with Gasteiger partial charge in [0.05, 0.1) is 5.69 Å². The van der Waals surface area contributed by atoms with E-state index in [2.05, 4.69) is 28.7 Å². The maximum absolute atomic E-state index is 5.60. The first-order valence-corrected chi connectivity index (χ1v) is 6.01. The normalized spacial score (nSPS) is 25.8. The van der Waals surface area contributed by atoms with E-state index in [1.807, 2.05) is 6.07 Å². The number of nitrogens with two attached hydrogens (primary N) is 1. The maximum atomic E-state index is 5.60. The summed E-state index contributed by atoms with van der Waals surface area (Å²) in [6.07, 6.45) is 4.33. The third kappa shape index (κ3) is 2.16. The minimum Gasteiger partial charge on any atom is -0.338 e. The third-order valence-electron chi connectivity index (χ3n) is 3.54. The monoisotopic (exact) mass is 220 g/mol. The summed E-state index contributed by atoms with van der Waals surface area (Å²) >= 11 is 0.